The number of piperidine rings is 1. The van der Waals surface area contributed by atoms with Gasteiger partial charge in [-0.25, -0.2) is 0 Å². The Hall–Kier alpha value is -1.35. The summed E-state index contributed by atoms with van der Waals surface area (Å²) in [5.41, 5.74) is 0.727. The van der Waals surface area contributed by atoms with Crippen molar-refractivity contribution in [2.75, 3.05) is 13.1 Å². The van der Waals surface area contributed by atoms with Crippen LogP contribution >= 0.6 is 0 Å². The molecule has 0 aliphatic carbocycles. The van der Waals surface area contributed by atoms with Crippen LogP contribution in [0.4, 0.5) is 0 Å². The normalized spacial score (nSPS) is 19.1. The van der Waals surface area contributed by atoms with Crippen molar-refractivity contribution in [3.63, 3.8) is 0 Å². The second-order valence-electron chi connectivity index (χ2n) is 5.84. The van der Waals surface area contributed by atoms with Crippen LogP contribution in [0.3, 0.4) is 0 Å². The Balaban J connectivity index is 1.94. The molecule has 1 atom stereocenters. The summed E-state index contributed by atoms with van der Waals surface area (Å²) in [6, 6.07) is 7.58. The molecule has 1 heterocycles. The van der Waals surface area contributed by atoms with Gasteiger partial charge < -0.3 is 10.1 Å². The minimum atomic E-state index is 0.0893. The molecule has 2 rings (SSSR count). The van der Waals surface area contributed by atoms with E-state index in [9.17, 15) is 4.79 Å². The van der Waals surface area contributed by atoms with Gasteiger partial charge in [0.05, 0.1) is 11.7 Å². The smallest absolute Gasteiger partial charge is 0.166 e. The molecular formula is C17H25NO2. The fourth-order valence-electron chi connectivity index (χ4n) is 2.69. The predicted octanol–water partition coefficient (Wildman–Crippen LogP) is 3.44. The lowest BCUT2D eigenvalue weighted by molar-refractivity contribution is 0.0965. The topological polar surface area (TPSA) is 38.3 Å². The molecule has 0 aromatic heterocycles. The minimum Gasteiger partial charge on any atom is -0.490 e. The molecule has 1 aliphatic heterocycles. The maximum Gasteiger partial charge on any atom is 0.166 e. The van der Waals surface area contributed by atoms with Gasteiger partial charge >= 0.3 is 0 Å². The molecule has 1 aromatic carbocycles. The lowest BCUT2D eigenvalue weighted by Crippen LogP contribution is -2.30. The summed E-state index contributed by atoms with van der Waals surface area (Å²) >= 11 is 0. The molecule has 20 heavy (non-hydrogen) atoms. The van der Waals surface area contributed by atoms with Crippen LogP contribution in [-0.2, 0) is 0 Å². The summed E-state index contributed by atoms with van der Waals surface area (Å²) in [5.74, 6) is 1.56. The van der Waals surface area contributed by atoms with Crippen LogP contribution < -0.4 is 10.1 Å². The first kappa shape index (κ1) is 15.0. The van der Waals surface area contributed by atoms with Crippen molar-refractivity contribution < 1.29 is 9.53 Å². The van der Waals surface area contributed by atoms with E-state index in [-0.39, 0.29) is 11.9 Å². The van der Waals surface area contributed by atoms with Gasteiger partial charge in [-0.15, -0.1) is 0 Å². The van der Waals surface area contributed by atoms with Gasteiger partial charge in [-0.05, 0) is 64.3 Å². The monoisotopic (exact) mass is 275 g/mol. The Morgan fingerprint density at radius 2 is 2.20 bits per heavy atom. The highest BCUT2D eigenvalue weighted by atomic mass is 16.5. The Morgan fingerprint density at radius 3 is 2.90 bits per heavy atom. The van der Waals surface area contributed by atoms with E-state index in [0.29, 0.717) is 18.1 Å². The maximum atomic E-state index is 12.4. The zero-order valence-electron chi connectivity index (χ0n) is 12.5. The van der Waals surface area contributed by atoms with Crippen molar-refractivity contribution in [2.24, 2.45) is 5.92 Å². The third-order valence-corrected chi connectivity index (χ3v) is 3.73. The van der Waals surface area contributed by atoms with E-state index in [1.807, 2.05) is 38.1 Å². The summed E-state index contributed by atoms with van der Waals surface area (Å²) in [5, 5.41) is 3.40. The second-order valence-corrected chi connectivity index (χ2v) is 5.84. The second kappa shape index (κ2) is 7.44. The average molecular weight is 275 g/mol. The molecular weight excluding hydrogens is 250 g/mol. The van der Waals surface area contributed by atoms with Crippen molar-refractivity contribution in [1.29, 1.82) is 0 Å². The number of benzene rings is 1. The molecule has 3 nitrogen and oxygen atoms in total. The molecule has 1 fully saturated rings. The lowest BCUT2D eigenvalue weighted by atomic mass is 9.92. The fourth-order valence-corrected chi connectivity index (χ4v) is 2.69. The van der Waals surface area contributed by atoms with Crippen LogP contribution in [0, 0.1) is 5.92 Å². The van der Waals surface area contributed by atoms with Gasteiger partial charge in [0, 0.05) is 6.42 Å². The number of nitrogens with one attached hydrogen (secondary N) is 1. The van der Waals surface area contributed by atoms with E-state index in [2.05, 4.69) is 5.32 Å². The van der Waals surface area contributed by atoms with E-state index >= 15 is 0 Å². The molecule has 0 spiro atoms. The molecule has 110 valence electrons. The highest BCUT2D eigenvalue weighted by Gasteiger charge is 2.17. The van der Waals surface area contributed by atoms with Gasteiger partial charge in [-0.2, -0.15) is 0 Å². The van der Waals surface area contributed by atoms with Crippen molar-refractivity contribution in [3.05, 3.63) is 29.8 Å². The van der Waals surface area contributed by atoms with Crippen LogP contribution in [0.15, 0.2) is 24.3 Å². The molecule has 1 aliphatic rings. The largest absolute Gasteiger partial charge is 0.490 e. The molecule has 1 saturated heterocycles. The van der Waals surface area contributed by atoms with Gasteiger partial charge in [-0.3, -0.25) is 4.79 Å². The SMILES string of the molecule is CC(C)Oc1ccccc1C(=O)CCC1CCCNC1. The first-order valence-corrected chi connectivity index (χ1v) is 7.66. The van der Waals surface area contributed by atoms with E-state index < -0.39 is 0 Å². The third kappa shape index (κ3) is 4.34. The summed E-state index contributed by atoms with van der Waals surface area (Å²) < 4.78 is 5.73. The summed E-state index contributed by atoms with van der Waals surface area (Å²) in [4.78, 5) is 12.4. The van der Waals surface area contributed by atoms with Crippen molar-refractivity contribution >= 4 is 5.78 Å². The molecule has 1 unspecified atom stereocenters. The number of ether oxygens (including phenoxy) is 1. The molecule has 0 radical (unpaired) electrons. The number of ketones is 1. The first-order valence-electron chi connectivity index (χ1n) is 7.66. The number of para-hydroxylation sites is 1. The van der Waals surface area contributed by atoms with Crippen LogP contribution in [0.2, 0.25) is 0 Å². The van der Waals surface area contributed by atoms with Crippen molar-refractivity contribution in [3.8, 4) is 5.75 Å². The Labute approximate surface area is 121 Å². The van der Waals surface area contributed by atoms with Crippen LogP contribution in [-0.4, -0.2) is 25.0 Å². The van der Waals surface area contributed by atoms with Crippen molar-refractivity contribution in [2.45, 2.75) is 45.6 Å². The quantitative estimate of drug-likeness (QED) is 0.808. The number of carbonyl (C=O) groups is 1. The number of rotatable bonds is 6. The standard InChI is InChI=1S/C17H25NO2/c1-13(2)20-17-8-4-3-7-15(17)16(19)10-9-14-6-5-11-18-12-14/h3-4,7-8,13-14,18H,5-6,9-12H2,1-2H3. The number of hydrogen-bond acceptors (Lipinski definition) is 3. The molecule has 3 heteroatoms. The van der Waals surface area contributed by atoms with Gasteiger partial charge in [0.2, 0.25) is 0 Å². The number of carbonyl (C=O) groups excluding carboxylic acids is 1. The Kier molecular flexibility index (Phi) is 5.60. The van der Waals surface area contributed by atoms with E-state index in [4.69, 9.17) is 4.74 Å². The molecule has 1 N–H and O–H groups in total. The van der Waals surface area contributed by atoms with Crippen LogP contribution in [0.5, 0.6) is 5.75 Å². The zero-order valence-corrected chi connectivity index (χ0v) is 12.5. The van der Waals surface area contributed by atoms with E-state index in [1.54, 1.807) is 0 Å². The maximum absolute atomic E-state index is 12.4. The van der Waals surface area contributed by atoms with Crippen LogP contribution in [0.1, 0.15) is 49.9 Å². The van der Waals surface area contributed by atoms with E-state index in [1.165, 1.54) is 12.8 Å². The highest BCUT2D eigenvalue weighted by Crippen LogP contribution is 2.23. The Bertz CT molecular complexity index is 436. The summed E-state index contributed by atoms with van der Waals surface area (Å²) in [6.07, 6.45) is 4.15. The Morgan fingerprint density at radius 1 is 1.40 bits per heavy atom. The lowest BCUT2D eigenvalue weighted by Gasteiger charge is -2.22. The summed E-state index contributed by atoms with van der Waals surface area (Å²) in [6.45, 7) is 6.14. The van der Waals surface area contributed by atoms with Crippen LogP contribution in [0.25, 0.3) is 0 Å². The van der Waals surface area contributed by atoms with Gasteiger partial charge in [0.25, 0.3) is 0 Å². The van der Waals surface area contributed by atoms with Crippen molar-refractivity contribution in [1.82, 2.24) is 5.32 Å². The van der Waals surface area contributed by atoms with Gasteiger partial charge in [0.1, 0.15) is 5.75 Å². The first-order chi connectivity index (χ1) is 9.66. The average Bonchev–Trinajstić information content (AvgIpc) is 2.46. The molecule has 0 amide bonds. The fraction of sp³-hybridized carbons (Fsp3) is 0.588. The number of hydrogen-bond donors (Lipinski definition) is 1. The van der Waals surface area contributed by atoms with Gasteiger partial charge in [0.15, 0.2) is 5.78 Å². The third-order valence-electron chi connectivity index (χ3n) is 3.73. The van der Waals surface area contributed by atoms with E-state index in [0.717, 1.165) is 25.1 Å². The molecule has 0 bridgehead atoms. The predicted molar refractivity (Wildman–Crippen MR) is 81.4 cm³/mol. The zero-order chi connectivity index (χ0) is 14.4. The highest BCUT2D eigenvalue weighted by molar-refractivity contribution is 5.98. The molecule has 1 aromatic rings. The summed E-state index contributed by atoms with van der Waals surface area (Å²) in [7, 11) is 0. The molecule has 0 saturated carbocycles. The van der Waals surface area contributed by atoms with Gasteiger partial charge in [-0.1, -0.05) is 12.1 Å². The minimum absolute atomic E-state index is 0.0893. The number of Topliss-reactive ketones (excluding diaryl/α,β-unsaturated/α-hetero) is 1.